The van der Waals surface area contributed by atoms with Gasteiger partial charge < -0.3 is 5.73 Å². The number of unbranched alkanes of at least 4 members (excludes halogenated alkanes) is 9. The maximum atomic E-state index is 10.6. The van der Waals surface area contributed by atoms with Crippen molar-refractivity contribution < 1.29 is 21.9 Å². The maximum absolute atomic E-state index is 10.6. The lowest BCUT2D eigenvalue weighted by atomic mass is 10.1. The van der Waals surface area contributed by atoms with Gasteiger partial charge in [0.2, 0.25) is 5.78 Å². The van der Waals surface area contributed by atoms with Crippen molar-refractivity contribution in [2.45, 2.75) is 83.3 Å². The zero-order valence-corrected chi connectivity index (χ0v) is 16.9. The van der Waals surface area contributed by atoms with Crippen LogP contribution in [0.15, 0.2) is 4.40 Å². The number of rotatable bonds is 12. The van der Waals surface area contributed by atoms with E-state index in [-0.39, 0.29) is 23.5 Å². The molecule has 1 atom stereocenters. The van der Waals surface area contributed by atoms with Gasteiger partial charge in [0.1, 0.15) is 0 Å². The minimum atomic E-state index is -4.23. The highest BCUT2D eigenvalue weighted by Gasteiger charge is 2.23. The van der Waals surface area contributed by atoms with Gasteiger partial charge in [-0.25, -0.2) is 4.18 Å². The fraction of sp³-hybridized carbons (Fsp3) is 0.875. The smallest absolute Gasteiger partial charge is 0.380 e. The number of nitrogens with zero attached hydrogens (tertiary/aromatic N) is 1. The zero-order valence-electron chi connectivity index (χ0n) is 15.3. The molecule has 0 radical (unpaired) electrons. The van der Waals surface area contributed by atoms with Crippen molar-refractivity contribution in [1.29, 1.82) is 0 Å². The summed E-state index contributed by atoms with van der Waals surface area (Å²) in [4.78, 5) is 10.6. The molecule has 25 heavy (non-hydrogen) atoms. The van der Waals surface area contributed by atoms with Crippen LogP contribution < -0.4 is 5.73 Å². The predicted octanol–water partition coefficient (Wildman–Crippen LogP) is 3.69. The summed E-state index contributed by atoms with van der Waals surface area (Å²) in [7, 11) is -4.23. The van der Waals surface area contributed by atoms with Gasteiger partial charge in [-0.05, 0) is 25.3 Å². The minimum Gasteiger partial charge on any atom is -0.380 e. The molecule has 0 aromatic rings. The summed E-state index contributed by atoms with van der Waals surface area (Å²) in [6.07, 6.45) is 11.9. The Kier molecular flexibility index (Phi) is 14.1. The summed E-state index contributed by atoms with van der Waals surface area (Å²) in [5, 5.41) is -0.0602. The summed E-state index contributed by atoms with van der Waals surface area (Å²) < 4.78 is 36.6. The van der Waals surface area contributed by atoms with Crippen LogP contribution in [0.3, 0.4) is 0 Å². The molecule has 7 nitrogen and oxygen atoms in total. The van der Waals surface area contributed by atoms with E-state index in [0.29, 0.717) is 6.42 Å². The van der Waals surface area contributed by atoms with Crippen LogP contribution in [0, 0.1) is 0 Å². The molecule has 148 valence electrons. The van der Waals surface area contributed by atoms with Crippen LogP contribution in [0.4, 0.5) is 0 Å². The largest absolute Gasteiger partial charge is 0.397 e. The normalized spacial score (nSPS) is 17.2. The molecule has 0 aliphatic carbocycles. The van der Waals surface area contributed by atoms with Gasteiger partial charge in [-0.3, -0.25) is 9.35 Å². The molecule has 9 heteroatoms. The van der Waals surface area contributed by atoms with Gasteiger partial charge in [-0.15, -0.1) is 0 Å². The molecule has 0 bridgehead atoms. The van der Waals surface area contributed by atoms with Gasteiger partial charge in [-0.2, -0.15) is 12.8 Å². The molecule has 1 rings (SSSR count). The Morgan fingerprint density at radius 1 is 1.08 bits per heavy atom. The summed E-state index contributed by atoms with van der Waals surface area (Å²) in [6.45, 7) is 4.10. The van der Waals surface area contributed by atoms with Gasteiger partial charge in [0, 0.05) is 0 Å². The Hall–Kier alpha value is -0.640. The van der Waals surface area contributed by atoms with Crippen LogP contribution >= 0.6 is 11.9 Å². The van der Waals surface area contributed by atoms with E-state index in [0.717, 1.165) is 12.8 Å². The van der Waals surface area contributed by atoms with E-state index in [9.17, 15) is 13.2 Å². The molecule has 0 amide bonds. The lowest BCUT2D eigenvalue weighted by molar-refractivity contribution is -0.112. The predicted molar refractivity (Wildman–Crippen MR) is 103 cm³/mol. The maximum Gasteiger partial charge on any atom is 0.397 e. The third-order valence-corrected chi connectivity index (χ3v) is 4.96. The zero-order chi connectivity index (χ0) is 19.1. The minimum absolute atomic E-state index is 0.0463. The van der Waals surface area contributed by atoms with Crippen molar-refractivity contribution in [3.63, 3.8) is 0 Å². The number of carbonyl (C=O) groups is 1. The lowest BCUT2D eigenvalue weighted by Gasteiger charge is -2.02. The Morgan fingerprint density at radius 2 is 1.56 bits per heavy atom. The van der Waals surface area contributed by atoms with E-state index >= 15 is 0 Å². The monoisotopic (exact) mass is 396 g/mol. The topological polar surface area (TPSA) is 119 Å². The van der Waals surface area contributed by atoms with Crippen molar-refractivity contribution >= 4 is 34.0 Å². The van der Waals surface area contributed by atoms with Crippen molar-refractivity contribution in [2.24, 2.45) is 10.1 Å². The van der Waals surface area contributed by atoms with Crippen LogP contribution in [0.2, 0.25) is 0 Å². The molecule has 0 aromatic carbocycles. The molecule has 0 spiro atoms. The van der Waals surface area contributed by atoms with Crippen molar-refractivity contribution in [2.75, 3.05) is 6.61 Å². The fourth-order valence-corrected chi connectivity index (χ4v) is 3.10. The number of hydrogen-bond acceptors (Lipinski definition) is 7. The van der Waals surface area contributed by atoms with Gasteiger partial charge >= 0.3 is 10.4 Å². The van der Waals surface area contributed by atoms with E-state index < -0.39 is 10.4 Å². The first kappa shape index (κ1) is 24.4. The summed E-state index contributed by atoms with van der Waals surface area (Å²) in [6, 6.07) is 0. The molecular formula is C16H32N2O5S2. The SMILES string of the molecule is CC1SN=C(N)C1=O.CCCCCCCCCCCCOS(=O)(=O)O. The third-order valence-electron chi connectivity index (χ3n) is 3.66. The highest BCUT2D eigenvalue weighted by Crippen LogP contribution is 2.18. The number of amidine groups is 1. The second-order valence-electron chi connectivity index (χ2n) is 6.02. The molecule has 3 N–H and O–H groups in total. The van der Waals surface area contributed by atoms with E-state index in [2.05, 4.69) is 15.5 Å². The number of nitrogens with two attached hydrogens (primary N) is 1. The summed E-state index contributed by atoms with van der Waals surface area (Å²) in [5.41, 5.74) is 5.15. The van der Waals surface area contributed by atoms with E-state index in [1.54, 1.807) is 6.92 Å². The first-order valence-corrected chi connectivity index (χ1v) is 11.1. The molecule has 1 unspecified atom stereocenters. The molecule has 1 aliphatic rings. The second-order valence-corrected chi connectivity index (χ2v) is 8.21. The molecule has 0 saturated carbocycles. The molecule has 0 saturated heterocycles. The third kappa shape index (κ3) is 15.3. The Balaban J connectivity index is 0.000000593. The highest BCUT2D eigenvalue weighted by atomic mass is 32.3. The van der Waals surface area contributed by atoms with Crippen LogP contribution in [0.5, 0.6) is 0 Å². The Labute approximate surface area is 156 Å². The average Bonchev–Trinajstić information content (AvgIpc) is 2.83. The number of Topliss-reactive ketones (excluding diaryl/α,β-unsaturated/α-hetero) is 1. The standard InChI is InChI=1S/C12H26O4S.C4H6N2OS/c1-2-3-4-5-6-7-8-9-10-11-12-16-17(13,14)15;1-2-3(7)4(5)6-8-2/h2-12H2,1H3,(H,13,14,15);2H,1H3,(H2,5,6). The molecule has 1 heterocycles. The lowest BCUT2D eigenvalue weighted by Crippen LogP contribution is -2.24. The van der Waals surface area contributed by atoms with Crippen molar-refractivity contribution in [1.82, 2.24) is 0 Å². The quantitative estimate of drug-likeness (QED) is 0.293. The number of ketones is 1. The Bertz CT molecular complexity index is 495. The Morgan fingerprint density at radius 3 is 1.88 bits per heavy atom. The van der Waals surface area contributed by atoms with Crippen LogP contribution in [-0.4, -0.2) is 36.4 Å². The van der Waals surface area contributed by atoms with E-state index in [4.69, 9.17) is 10.3 Å². The molecule has 1 aliphatic heterocycles. The van der Waals surface area contributed by atoms with Crippen molar-refractivity contribution in [3.05, 3.63) is 0 Å². The van der Waals surface area contributed by atoms with Crippen molar-refractivity contribution in [3.8, 4) is 0 Å². The second kappa shape index (κ2) is 14.5. The first-order valence-electron chi connectivity index (χ1n) is 8.93. The molecular weight excluding hydrogens is 364 g/mol. The fourth-order valence-electron chi connectivity index (χ4n) is 2.19. The van der Waals surface area contributed by atoms with Gasteiger partial charge in [-0.1, -0.05) is 64.7 Å². The van der Waals surface area contributed by atoms with E-state index in [1.165, 1.54) is 56.9 Å². The molecule has 0 aromatic heterocycles. The van der Waals surface area contributed by atoms with Crippen LogP contribution in [0.25, 0.3) is 0 Å². The number of carbonyl (C=O) groups excluding carboxylic acids is 1. The summed E-state index contributed by atoms with van der Waals surface area (Å²) >= 11 is 1.23. The van der Waals surface area contributed by atoms with Gasteiger partial charge in [0.05, 0.1) is 11.9 Å². The van der Waals surface area contributed by atoms with E-state index in [1.807, 2.05) is 0 Å². The summed E-state index contributed by atoms with van der Waals surface area (Å²) in [5.74, 6) is 0.109. The number of hydrogen-bond donors (Lipinski definition) is 2. The van der Waals surface area contributed by atoms with Gasteiger partial charge in [0.25, 0.3) is 0 Å². The first-order chi connectivity index (χ1) is 11.8. The van der Waals surface area contributed by atoms with Crippen LogP contribution in [-0.2, 0) is 19.4 Å². The highest BCUT2D eigenvalue weighted by molar-refractivity contribution is 8.00. The average molecular weight is 397 g/mol. The van der Waals surface area contributed by atoms with Crippen LogP contribution in [0.1, 0.15) is 78.1 Å². The molecule has 0 fully saturated rings. The van der Waals surface area contributed by atoms with Gasteiger partial charge in [0.15, 0.2) is 5.84 Å².